The Kier molecular flexibility index (Phi) is 2.14. The summed E-state index contributed by atoms with van der Waals surface area (Å²) in [5.74, 6) is -0.684. The average Bonchev–Trinajstić information content (AvgIpc) is 1.92. The van der Waals surface area contributed by atoms with Crippen LogP contribution in [-0.4, -0.2) is 16.8 Å². The fourth-order valence-corrected chi connectivity index (χ4v) is 0.973. The highest BCUT2D eigenvalue weighted by Crippen LogP contribution is 2.28. The monoisotopic (exact) mass is 192 g/mol. The topological polar surface area (TPSA) is 17.1 Å². The van der Waals surface area contributed by atoms with E-state index in [-0.39, 0.29) is 4.86 Å². The summed E-state index contributed by atoms with van der Waals surface area (Å²) in [7, 11) is 0. The second-order valence-corrected chi connectivity index (χ2v) is 2.60. The summed E-state index contributed by atoms with van der Waals surface area (Å²) in [5.41, 5.74) is -1.04. The van der Waals surface area contributed by atoms with E-state index in [9.17, 15) is 18.0 Å². The van der Waals surface area contributed by atoms with Crippen LogP contribution in [0.3, 0.4) is 0 Å². The van der Waals surface area contributed by atoms with Crippen LogP contribution in [0.15, 0.2) is 23.8 Å². The quantitative estimate of drug-likeness (QED) is 0.546. The van der Waals surface area contributed by atoms with Crippen molar-refractivity contribution >= 4 is 22.9 Å². The van der Waals surface area contributed by atoms with Crippen molar-refractivity contribution in [3.63, 3.8) is 0 Å². The number of ketones is 1. The predicted octanol–water partition coefficient (Wildman–Crippen LogP) is 1.98. The number of hydrogen-bond donors (Lipinski definition) is 0. The lowest BCUT2D eigenvalue weighted by Gasteiger charge is -2.11. The first-order chi connectivity index (χ1) is 5.41. The molecule has 0 aromatic heterocycles. The largest absolute Gasteiger partial charge is 0.417 e. The number of halogens is 3. The van der Waals surface area contributed by atoms with Gasteiger partial charge in [0, 0.05) is 0 Å². The van der Waals surface area contributed by atoms with E-state index in [0.29, 0.717) is 6.08 Å². The average molecular weight is 192 g/mol. The highest BCUT2D eigenvalue weighted by atomic mass is 32.1. The van der Waals surface area contributed by atoms with E-state index in [1.807, 2.05) is 0 Å². The molecular weight excluding hydrogens is 189 g/mol. The van der Waals surface area contributed by atoms with Crippen molar-refractivity contribution in [3.05, 3.63) is 23.8 Å². The normalized spacial score (nSPS) is 18.1. The van der Waals surface area contributed by atoms with Crippen LogP contribution >= 0.6 is 12.2 Å². The Hall–Kier alpha value is -0.970. The molecular formula is C7H3F3OS. The van der Waals surface area contributed by atoms with Crippen LogP contribution in [0.5, 0.6) is 0 Å². The smallest absolute Gasteiger partial charge is 0.290 e. The van der Waals surface area contributed by atoms with E-state index >= 15 is 0 Å². The van der Waals surface area contributed by atoms with Crippen molar-refractivity contribution in [2.45, 2.75) is 6.18 Å². The minimum absolute atomic E-state index is 0.345. The van der Waals surface area contributed by atoms with Gasteiger partial charge in [-0.3, -0.25) is 4.79 Å². The third-order valence-electron chi connectivity index (χ3n) is 1.26. The van der Waals surface area contributed by atoms with Gasteiger partial charge >= 0.3 is 6.18 Å². The lowest BCUT2D eigenvalue weighted by molar-refractivity contribution is -0.111. The Morgan fingerprint density at radius 1 is 1.25 bits per heavy atom. The molecule has 0 unspecified atom stereocenters. The summed E-state index contributed by atoms with van der Waals surface area (Å²) in [5, 5.41) is 0. The molecule has 1 nitrogen and oxygen atoms in total. The second-order valence-electron chi connectivity index (χ2n) is 2.16. The highest BCUT2D eigenvalue weighted by Gasteiger charge is 2.36. The van der Waals surface area contributed by atoms with Gasteiger partial charge in [0.2, 0.25) is 0 Å². The van der Waals surface area contributed by atoms with Gasteiger partial charge in [0.1, 0.15) is 0 Å². The van der Waals surface area contributed by atoms with Gasteiger partial charge in [-0.05, 0) is 18.2 Å². The molecule has 0 aromatic carbocycles. The first-order valence-corrected chi connectivity index (χ1v) is 3.37. The molecule has 0 fully saturated rings. The van der Waals surface area contributed by atoms with Crippen LogP contribution in [0, 0.1) is 0 Å². The SMILES string of the molecule is O=C1C=CC(=S)C(C(F)(F)F)=C1. The lowest BCUT2D eigenvalue weighted by atomic mass is 10.0. The van der Waals surface area contributed by atoms with Crippen LogP contribution in [-0.2, 0) is 4.79 Å². The zero-order valence-corrected chi connectivity index (χ0v) is 6.50. The molecule has 0 saturated heterocycles. The fraction of sp³-hybridized carbons (Fsp3) is 0.143. The number of hydrogen-bond acceptors (Lipinski definition) is 2. The minimum atomic E-state index is -4.53. The van der Waals surface area contributed by atoms with Gasteiger partial charge in [0.05, 0.1) is 10.4 Å². The van der Waals surface area contributed by atoms with Gasteiger partial charge in [-0.2, -0.15) is 13.2 Å². The second kappa shape index (κ2) is 2.82. The third kappa shape index (κ3) is 1.79. The standard InChI is InChI=1S/C7H3F3OS/c8-7(9,10)5-3-4(11)1-2-6(5)12/h1-3H. The van der Waals surface area contributed by atoms with Crippen molar-refractivity contribution in [2.75, 3.05) is 0 Å². The number of carbonyl (C=O) groups excluding carboxylic acids is 1. The summed E-state index contributed by atoms with van der Waals surface area (Å²) < 4.78 is 36.1. The van der Waals surface area contributed by atoms with Crippen molar-refractivity contribution in [2.24, 2.45) is 0 Å². The molecule has 0 aromatic rings. The summed E-state index contributed by atoms with van der Waals surface area (Å²) >= 11 is 4.40. The summed E-state index contributed by atoms with van der Waals surface area (Å²) in [4.78, 5) is 10.2. The Morgan fingerprint density at radius 3 is 2.25 bits per heavy atom. The van der Waals surface area contributed by atoms with Crippen LogP contribution in [0.1, 0.15) is 0 Å². The van der Waals surface area contributed by atoms with E-state index in [1.54, 1.807) is 0 Å². The number of alkyl halides is 3. The summed E-state index contributed by atoms with van der Waals surface area (Å²) in [6.45, 7) is 0. The molecule has 1 rings (SSSR count). The molecule has 1 aliphatic rings. The van der Waals surface area contributed by atoms with Crippen LogP contribution in [0.25, 0.3) is 0 Å². The van der Waals surface area contributed by atoms with E-state index in [4.69, 9.17) is 0 Å². The van der Waals surface area contributed by atoms with Gasteiger partial charge in [0.15, 0.2) is 5.78 Å². The molecule has 0 saturated carbocycles. The van der Waals surface area contributed by atoms with Gasteiger partial charge in [-0.25, -0.2) is 0 Å². The first kappa shape index (κ1) is 9.12. The molecule has 1 aliphatic carbocycles. The number of carbonyl (C=O) groups is 1. The molecule has 0 aliphatic heterocycles. The molecule has 0 radical (unpaired) electrons. The van der Waals surface area contributed by atoms with E-state index < -0.39 is 17.5 Å². The first-order valence-electron chi connectivity index (χ1n) is 2.96. The Bertz CT molecular complexity index is 298. The van der Waals surface area contributed by atoms with Crippen molar-refractivity contribution in [3.8, 4) is 0 Å². The Labute approximate surface area is 71.6 Å². The molecule has 0 bridgehead atoms. The summed E-state index contributed by atoms with van der Waals surface area (Å²) in [6, 6.07) is 0. The van der Waals surface area contributed by atoms with Crippen molar-refractivity contribution in [1.29, 1.82) is 0 Å². The maximum atomic E-state index is 12.0. The van der Waals surface area contributed by atoms with Gasteiger partial charge in [-0.15, -0.1) is 0 Å². The third-order valence-corrected chi connectivity index (χ3v) is 1.61. The number of allylic oxidation sites excluding steroid dienone is 4. The maximum Gasteiger partial charge on any atom is 0.417 e. The molecule has 0 atom stereocenters. The van der Waals surface area contributed by atoms with Gasteiger partial charge in [0.25, 0.3) is 0 Å². The number of rotatable bonds is 0. The summed E-state index contributed by atoms with van der Waals surface area (Å²) in [6.07, 6.45) is -2.03. The van der Waals surface area contributed by atoms with Crippen LogP contribution in [0.2, 0.25) is 0 Å². The zero-order chi connectivity index (χ0) is 9.35. The molecule has 0 N–H and O–H groups in total. The maximum absolute atomic E-state index is 12.0. The molecule has 0 amide bonds. The molecule has 5 heteroatoms. The van der Waals surface area contributed by atoms with Gasteiger partial charge < -0.3 is 0 Å². The van der Waals surface area contributed by atoms with E-state index in [0.717, 1.165) is 12.2 Å². The van der Waals surface area contributed by atoms with Crippen LogP contribution < -0.4 is 0 Å². The fourth-order valence-electron chi connectivity index (χ4n) is 0.731. The Morgan fingerprint density at radius 2 is 1.83 bits per heavy atom. The molecule has 12 heavy (non-hydrogen) atoms. The van der Waals surface area contributed by atoms with Gasteiger partial charge in [-0.1, -0.05) is 12.2 Å². The zero-order valence-electron chi connectivity index (χ0n) is 5.68. The van der Waals surface area contributed by atoms with Crippen molar-refractivity contribution in [1.82, 2.24) is 0 Å². The number of thiocarbonyl (C=S) groups is 1. The Balaban J connectivity index is 3.05. The van der Waals surface area contributed by atoms with Crippen molar-refractivity contribution < 1.29 is 18.0 Å². The predicted molar refractivity (Wildman–Crippen MR) is 40.9 cm³/mol. The molecule has 64 valence electrons. The molecule has 0 heterocycles. The van der Waals surface area contributed by atoms with E-state index in [2.05, 4.69) is 12.2 Å². The van der Waals surface area contributed by atoms with E-state index in [1.165, 1.54) is 0 Å². The minimum Gasteiger partial charge on any atom is -0.290 e. The lowest BCUT2D eigenvalue weighted by Crippen LogP contribution is -2.21. The van der Waals surface area contributed by atoms with Crippen LogP contribution in [0.4, 0.5) is 13.2 Å². The highest BCUT2D eigenvalue weighted by molar-refractivity contribution is 7.81. The molecule has 0 spiro atoms.